The molecule has 2 aromatic rings. The van der Waals surface area contributed by atoms with Crippen molar-refractivity contribution in [3.63, 3.8) is 0 Å². The number of imidazole rings is 1. The highest BCUT2D eigenvalue weighted by molar-refractivity contribution is 9.10. The summed E-state index contributed by atoms with van der Waals surface area (Å²) in [5.74, 6) is -0.845. The van der Waals surface area contributed by atoms with Crippen LogP contribution in [0.5, 0.6) is 0 Å². The summed E-state index contributed by atoms with van der Waals surface area (Å²) >= 11 is 3.04. The normalized spacial score (nSPS) is 12.5. The molecule has 0 spiro atoms. The van der Waals surface area contributed by atoms with Gasteiger partial charge in [0, 0.05) is 19.4 Å². The van der Waals surface area contributed by atoms with E-state index >= 15 is 0 Å². The lowest BCUT2D eigenvalue weighted by molar-refractivity contribution is 0.163. The second-order valence-corrected chi connectivity index (χ2v) is 5.64. The molecule has 0 aliphatic heterocycles. The van der Waals surface area contributed by atoms with E-state index in [1.165, 1.54) is 6.07 Å². The van der Waals surface area contributed by atoms with Gasteiger partial charge in [-0.2, -0.15) is 0 Å². The van der Waals surface area contributed by atoms with Gasteiger partial charge in [0.2, 0.25) is 5.95 Å². The number of hydrogen-bond acceptors (Lipinski definition) is 3. The molecule has 1 atom stereocenters. The molecule has 114 valence electrons. The lowest BCUT2D eigenvalue weighted by Crippen LogP contribution is -2.13. The Kier molecular flexibility index (Phi) is 4.95. The molecule has 1 heterocycles. The van der Waals surface area contributed by atoms with Crippen LogP contribution in [-0.2, 0) is 4.74 Å². The Labute approximate surface area is 130 Å². The highest BCUT2D eigenvalue weighted by atomic mass is 79.9. The minimum Gasteiger partial charge on any atom is -0.383 e. The third-order valence-corrected chi connectivity index (χ3v) is 3.60. The molecule has 0 radical (unpaired) electrons. The van der Waals surface area contributed by atoms with Crippen molar-refractivity contribution in [2.24, 2.45) is 0 Å². The molecule has 1 aromatic heterocycles. The van der Waals surface area contributed by atoms with Crippen LogP contribution in [-0.4, -0.2) is 23.3 Å². The van der Waals surface area contributed by atoms with Crippen molar-refractivity contribution in [1.82, 2.24) is 9.55 Å². The lowest BCUT2D eigenvalue weighted by atomic mass is 10.3. The minimum atomic E-state index is -0.678. The molecule has 0 saturated heterocycles. The van der Waals surface area contributed by atoms with Crippen LogP contribution < -0.4 is 5.32 Å². The van der Waals surface area contributed by atoms with Crippen LogP contribution >= 0.6 is 15.9 Å². The van der Waals surface area contributed by atoms with Crippen molar-refractivity contribution in [3.8, 4) is 0 Å². The zero-order valence-electron chi connectivity index (χ0n) is 12.0. The summed E-state index contributed by atoms with van der Waals surface area (Å²) in [5, 5.41) is 2.89. The summed E-state index contributed by atoms with van der Waals surface area (Å²) in [7, 11) is 1.62. The topological polar surface area (TPSA) is 39.1 Å². The first-order valence-electron chi connectivity index (χ1n) is 6.38. The first kappa shape index (κ1) is 15.9. The molecule has 0 aliphatic carbocycles. The smallest absolute Gasteiger partial charge is 0.207 e. The Morgan fingerprint density at radius 3 is 2.76 bits per heavy atom. The maximum atomic E-state index is 13.8. The van der Waals surface area contributed by atoms with Crippen LogP contribution in [0.3, 0.4) is 0 Å². The van der Waals surface area contributed by atoms with Crippen LogP contribution in [0, 0.1) is 18.6 Å². The van der Waals surface area contributed by atoms with Gasteiger partial charge in [0.15, 0.2) is 0 Å². The molecule has 1 N–H and O–H groups in total. The van der Waals surface area contributed by atoms with Crippen LogP contribution in [0.4, 0.5) is 20.4 Å². The van der Waals surface area contributed by atoms with E-state index in [4.69, 9.17) is 4.74 Å². The number of hydrogen-bond donors (Lipinski definition) is 1. The van der Waals surface area contributed by atoms with E-state index in [9.17, 15) is 8.78 Å². The lowest BCUT2D eigenvalue weighted by Gasteiger charge is -2.16. The van der Waals surface area contributed by atoms with E-state index < -0.39 is 11.6 Å². The molecule has 1 aromatic carbocycles. The quantitative estimate of drug-likeness (QED) is 0.813. The predicted molar refractivity (Wildman–Crippen MR) is 80.9 cm³/mol. The molecule has 0 bridgehead atoms. The Balaban J connectivity index is 2.34. The third kappa shape index (κ3) is 3.59. The summed E-state index contributed by atoms with van der Waals surface area (Å²) in [5.41, 5.74) is 0.946. The fourth-order valence-electron chi connectivity index (χ4n) is 2.00. The van der Waals surface area contributed by atoms with Crippen molar-refractivity contribution in [2.75, 3.05) is 19.0 Å². The number of nitrogens with zero attached hydrogens (tertiary/aromatic N) is 2. The van der Waals surface area contributed by atoms with E-state index in [2.05, 4.69) is 26.2 Å². The van der Waals surface area contributed by atoms with E-state index in [0.717, 1.165) is 11.8 Å². The molecule has 1 unspecified atom stereocenters. The maximum Gasteiger partial charge on any atom is 0.207 e. The first-order valence-corrected chi connectivity index (χ1v) is 7.17. The maximum absolute atomic E-state index is 13.8. The number of halogens is 3. The standard InChI is InChI=1S/C14H16BrF2N3O/c1-8-6-20(9(2)7-21-3)14(18-8)19-13-4-10(15)11(16)5-12(13)17/h4-6,9H,7H2,1-3H3,(H,18,19). The van der Waals surface area contributed by atoms with Crippen molar-refractivity contribution in [3.05, 3.63) is 40.1 Å². The van der Waals surface area contributed by atoms with Crippen LogP contribution in [0.1, 0.15) is 18.7 Å². The van der Waals surface area contributed by atoms with Gasteiger partial charge in [0.1, 0.15) is 11.6 Å². The van der Waals surface area contributed by atoms with Gasteiger partial charge in [0.25, 0.3) is 0 Å². The average molecular weight is 360 g/mol. The fourth-order valence-corrected chi connectivity index (χ4v) is 2.35. The summed E-state index contributed by atoms with van der Waals surface area (Å²) in [6.45, 7) is 4.31. The molecule has 0 saturated carbocycles. The molecule has 0 aliphatic rings. The van der Waals surface area contributed by atoms with Gasteiger partial charge in [-0.25, -0.2) is 13.8 Å². The number of nitrogens with one attached hydrogen (secondary N) is 1. The number of methoxy groups -OCH3 is 1. The van der Waals surface area contributed by atoms with Gasteiger partial charge < -0.3 is 14.6 Å². The van der Waals surface area contributed by atoms with Gasteiger partial charge >= 0.3 is 0 Å². The van der Waals surface area contributed by atoms with E-state index in [1.54, 1.807) is 7.11 Å². The number of aromatic nitrogens is 2. The average Bonchev–Trinajstić information content (AvgIpc) is 2.77. The van der Waals surface area contributed by atoms with Crippen LogP contribution in [0.2, 0.25) is 0 Å². The molecular formula is C14H16BrF2N3O. The van der Waals surface area contributed by atoms with E-state index in [-0.39, 0.29) is 16.2 Å². The van der Waals surface area contributed by atoms with Gasteiger partial charge in [-0.05, 0) is 35.8 Å². The third-order valence-electron chi connectivity index (χ3n) is 2.99. The minimum absolute atomic E-state index is 0.0330. The van der Waals surface area contributed by atoms with Gasteiger partial charge in [-0.3, -0.25) is 0 Å². The number of benzene rings is 1. The summed E-state index contributed by atoms with van der Waals surface area (Å²) in [6.07, 6.45) is 1.85. The Morgan fingerprint density at radius 1 is 1.38 bits per heavy atom. The van der Waals surface area contributed by atoms with Crippen molar-refractivity contribution >= 4 is 27.6 Å². The van der Waals surface area contributed by atoms with Crippen LogP contribution in [0.15, 0.2) is 22.8 Å². The molecule has 7 heteroatoms. The second-order valence-electron chi connectivity index (χ2n) is 4.79. The number of rotatable bonds is 5. The first-order chi connectivity index (χ1) is 9.92. The zero-order valence-corrected chi connectivity index (χ0v) is 13.5. The van der Waals surface area contributed by atoms with Crippen LogP contribution in [0.25, 0.3) is 0 Å². The molecule has 21 heavy (non-hydrogen) atoms. The fraction of sp³-hybridized carbons (Fsp3) is 0.357. The van der Waals surface area contributed by atoms with Crippen molar-refractivity contribution in [2.45, 2.75) is 19.9 Å². The summed E-state index contributed by atoms with van der Waals surface area (Å²) in [6, 6.07) is 2.20. The Morgan fingerprint density at radius 2 is 2.10 bits per heavy atom. The van der Waals surface area contributed by atoms with Crippen molar-refractivity contribution in [1.29, 1.82) is 0 Å². The zero-order chi connectivity index (χ0) is 15.6. The predicted octanol–water partition coefficient (Wildman–Crippen LogP) is 4.18. The Bertz CT molecular complexity index is 645. The van der Waals surface area contributed by atoms with Gasteiger partial charge in [0.05, 0.1) is 28.5 Å². The van der Waals surface area contributed by atoms with E-state index in [0.29, 0.717) is 12.6 Å². The van der Waals surface area contributed by atoms with Gasteiger partial charge in [-0.15, -0.1) is 0 Å². The number of aryl methyl sites for hydroxylation is 1. The molecular weight excluding hydrogens is 344 g/mol. The SMILES string of the molecule is COCC(C)n1cc(C)nc1Nc1cc(Br)c(F)cc1F. The Hall–Kier alpha value is -1.47. The second kappa shape index (κ2) is 6.53. The summed E-state index contributed by atoms with van der Waals surface area (Å²) in [4.78, 5) is 4.32. The summed E-state index contributed by atoms with van der Waals surface area (Å²) < 4.78 is 34.2. The number of ether oxygens (including phenoxy) is 1. The van der Waals surface area contributed by atoms with Gasteiger partial charge in [-0.1, -0.05) is 0 Å². The molecule has 2 rings (SSSR count). The highest BCUT2D eigenvalue weighted by Gasteiger charge is 2.15. The molecule has 4 nitrogen and oxygen atoms in total. The molecule has 0 amide bonds. The number of anilines is 2. The molecule has 0 fully saturated rings. The van der Waals surface area contributed by atoms with E-state index in [1.807, 2.05) is 24.6 Å². The monoisotopic (exact) mass is 359 g/mol. The largest absolute Gasteiger partial charge is 0.383 e. The highest BCUT2D eigenvalue weighted by Crippen LogP contribution is 2.27. The van der Waals surface area contributed by atoms with Crippen molar-refractivity contribution < 1.29 is 13.5 Å².